The summed E-state index contributed by atoms with van der Waals surface area (Å²) >= 11 is 3.51. The van der Waals surface area contributed by atoms with E-state index >= 15 is 0 Å². The van der Waals surface area contributed by atoms with Crippen LogP contribution in [0.1, 0.15) is 34.6 Å². The van der Waals surface area contributed by atoms with Crippen molar-refractivity contribution in [3.8, 4) is 11.1 Å². The van der Waals surface area contributed by atoms with Gasteiger partial charge in [-0.05, 0) is 43.4 Å². The summed E-state index contributed by atoms with van der Waals surface area (Å²) in [5, 5.41) is 13.7. The topological polar surface area (TPSA) is 55.1 Å². The highest BCUT2D eigenvalue weighted by molar-refractivity contribution is 9.10. The van der Waals surface area contributed by atoms with Crippen LogP contribution < -0.4 is 0 Å². The molecule has 0 atom stereocenters. The van der Waals surface area contributed by atoms with Gasteiger partial charge < -0.3 is 5.11 Å². The Kier molecular flexibility index (Phi) is 3.38. The number of carboxylic acid groups (broad SMARTS) is 1. The van der Waals surface area contributed by atoms with Crippen molar-refractivity contribution in [2.45, 2.75) is 32.7 Å². The number of nitrogens with zero attached hydrogens (tertiary/aromatic N) is 2. The largest absolute Gasteiger partial charge is 0.476 e. The number of rotatable bonds is 2. The monoisotopic (exact) mass is 334 g/mol. The SMILES string of the molecule is Cc1ccc(-c2c(C(=O)O)nn3c2CCCC3)cc1Br. The van der Waals surface area contributed by atoms with Gasteiger partial charge in [0, 0.05) is 22.3 Å². The number of aromatic carboxylic acids is 1. The second kappa shape index (κ2) is 5.05. The van der Waals surface area contributed by atoms with Crippen LogP contribution >= 0.6 is 15.9 Å². The van der Waals surface area contributed by atoms with Gasteiger partial charge in [-0.1, -0.05) is 28.1 Å². The minimum Gasteiger partial charge on any atom is -0.476 e. The summed E-state index contributed by atoms with van der Waals surface area (Å²) in [4.78, 5) is 11.5. The van der Waals surface area contributed by atoms with Crippen LogP contribution in [0, 0.1) is 6.92 Å². The highest BCUT2D eigenvalue weighted by atomic mass is 79.9. The fraction of sp³-hybridized carbons (Fsp3) is 0.333. The van der Waals surface area contributed by atoms with Crippen LogP contribution in [-0.2, 0) is 13.0 Å². The lowest BCUT2D eigenvalue weighted by Gasteiger charge is -2.15. The Morgan fingerprint density at radius 1 is 1.40 bits per heavy atom. The lowest BCUT2D eigenvalue weighted by molar-refractivity contribution is 0.0690. The highest BCUT2D eigenvalue weighted by Crippen LogP contribution is 2.33. The molecule has 1 aliphatic rings. The van der Waals surface area contributed by atoms with E-state index < -0.39 is 5.97 Å². The quantitative estimate of drug-likeness (QED) is 0.911. The molecule has 2 aromatic rings. The van der Waals surface area contributed by atoms with Crippen molar-refractivity contribution in [2.75, 3.05) is 0 Å². The van der Waals surface area contributed by atoms with E-state index in [0.717, 1.165) is 52.7 Å². The first kappa shape index (κ1) is 13.4. The third-order valence-corrected chi connectivity index (χ3v) is 4.61. The van der Waals surface area contributed by atoms with Gasteiger partial charge in [0.15, 0.2) is 5.69 Å². The molecule has 1 aromatic heterocycles. The first-order valence-corrected chi connectivity index (χ1v) is 7.46. The molecule has 1 N–H and O–H groups in total. The van der Waals surface area contributed by atoms with E-state index in [1.807, 2.05) is 29.8 Å². The number of halogens is 1. The van der Waals surface area contributed by atoms with Gasteiger partial charge in [0.05, 0.1) is 0 Å². The molecule has 0 fully saturated rings. The minimum absolute atomic E-state index is 0.164. The second-order valence-electron chi connectivity index (χ2n) is 5.12. The maximum atomic E-state index is 11.5. The summed E-state index contributed by atoms with van der Waals surface area (Å²) in [6.07, 6.45) is 3.04. The van der Waals surface area contributed by atoms with Crippen LogP contribution in [0.25, 0.3) is 11.1 Å². The van der Waals surface area contributed by atoms with Crippen molar-refractivity contribution in [3.63, 3.8) is 0 Å². The zero-order valence-corrected chi connectivity index (χ0v) is 12.8. The predicted molar refractivity (Wildman–Crippen MR) is 80.0 cm³/mol. The van der Waals surface area contributed by atoms with Gasteiger partial charge in [-0.25, -0.2) is 4.79 Å². The van der Waals surface area contributed by atoms with Crippen molar-refractivity contribution < 1.29 is 9.90 Å². The molecule has 0 aliphatic carbocycles. The Balaban J connectivity index is 2.22. The van der Waals surface area contributed by atoms with E-state index in [-0.39, 0.29) is 5.69 Å². The summed E-state index contributed by atoms with van der Waals surface area (Å²) < 4.78 is 2.85. The zero-order valence-electron chi connectivity index (χ0n) is 11.2. The lowest BCUT2D eigenvalue weighted by atomic mass is 9.98. The Labute approximate surface area is 125 Å². The molecule has 0 saturated heterocycles. The fourth-order valence-corrected chi connectivity index (χ4v) is 3.07. The van der Waals surface area contributed by atoms with Gasteiger partial charge in [-0.15, -0.1) is 0 Å². The molecular formula is C15H15BrN2O2. The highest BCUT2D eigenvalue weighted by Gasteiger charge is 2.25. The van der Waals surface area contributed by atoms with Gasteiger partial charge in [-0.3, -0.25) is 4.68 Å². The Morgan fingerprint density at radius 3 is 2.90 bits per heavy atom. The van der Waals surface area contributed by atoms with Gasteiger partial charge >= 0.3 is 5.97 Å². The molecule has 0 unspecified atom stereocenters. The molecule has 1 aliphatic heterocycles. The van der Waals surface area contributed by atoms with Crippen LogP contribution in [0.2, 0.25) is 0 Å². The van der Waals surface area contributed by atoms with Crippen LogP contribution in [0.5, 0.6) is 0 Å². The van der Waals surface area contributed by atoms with Crippen LogP contribution in [0.4, 0.5) is 0 Å². The number of aromatic nitrogens is 2. The molecule has 0 saturated carbocycles. The lowest BCUT2D eigenvalue weighted by Crippen LogP contribution is -2.11. The molecule has 0 spiro atoms. The van der Waals surface area contributed by atoms with E-state index in [1.165, 1.54) is 0 Å². The van der Waals surface area contributed by atoms with Gasteiger partial charge in [0.1, 0.15) is 0 Å². The minimum atomic E-state index is -0.960. The number of hydrogen-bond donors (Lipinski definition) is 1. The van der Waals surface area contributed by atoms with Crippen LogP contribution in [-0.4, -0.2) is 20.9 Å². The summed E-state index contributed by atoms with van der Waals surface area (Å²) in [5.74, 6) is -0.960. The summed E-state index contributed by atoms with van der Waals surface area (Å²) in [6.45, 7) is 2.82. The number of fused-ring (bicyclic) bond motifs is 1. The second-order valence-corrected chi connectivity index (χ2v) is 5.97. The van der Waals surface area contributed by atoms with Crippen LogP contribution in [0.3, 0.4) is 0 Å². The molecule has 1 aromatic carbocycles. The van der Waals surface area contributed by atoms with Crippen molar-refractivity contribution in [3.05, 3.63) is 39.6 Å². The van der Waals surface area contributed by atoms with Crippen molar-refractivity contribution in [2.24, 2.45) is 0 Å². The van der Waals surface area contributed by atoms with Gasteiger partial charge in [-0.2, -0.15) is 5.10 Å². The molecule has 4 nitrogen and oxygen atoms in total. The van der Waals surface area contributed by atoms with E-state index in [4.69, 9.17) is 0 Å². The van der Waals surface area contributed by atoms with E-state index in [0.29, 0.717) is 0 Å². The molecule has 104 valence electrons. The average Bonchev–Trinajstić information content (AvgIpc) is 2.81. The Hall–Kier alpha value is -1.62. The van der Waals surface area contributed by atoms with E-state index in [9.17, 15) is 9.90 Å². The number of aryl methyl sites for hydroxylation is 2. The third kappa shape index (κ3) is 2.16. The molecular weight excluding hydrogens is 320 g/mol. The van der Waals surface area contributed by atoms with Crippen molar-refractivity contribution in [1.82, 2.24) is 9.78 Å². The third-order valence-electron chi connectivity index (χ3n) is 3.75. The number of benzene rings is 1. The first-order valence-electron chi connectivity index (χ1n) is 6.67. The molecule has 0 bridgehead atoms. The maximum absolute atomic E-state index is 11.5. The summed E-state index contributed by atoms with van der Waals surface area (Å²) in [5.41, 5.74) is 4.04. The smallest absolute Gasteiger partial charge is 0.357 e. The van der Waals surface area contributed by atoms with Crippen molar-refractivity contribution >= 4 is 21.9 Å². The standard InChI is InChI=1S/C15H15BrN2O2/c1-9-5-6-10(8-11(9)16)13-12-4-2-3-7-18(12)17-14(13)15(19)20/h5-6,8H,2-4,7H2,1H3,(H,19,20). The van der Waals surface area contributed by atoms with E-state index in [2.05, 4.69) is 21.0 Å². The molecule has 0 radical (unpaired) electrons. The normalized spacial score (nSPS) is 14.1. The Bertz CT molecular complexity index is 691. The fourth-order valence-electron chi connectivity index (χ4n) is 2.69. The van der Waals surface area contributed by atoms with Gasteiger partial charge in [0.25, 0.3) is 0 Å². The van der Waals surface area contributed by atoms with Crippen LogP contribution in [0.15, 0.2) is 22.7 Å². The summed E-state index contributed by atoms with van der Waals surface area (Å²) in [7, 11) is 0. The average molecular weight is 335 g/mol. The molecule has 3 rings (SSSR count). The number of carbonyl (C=O) groups is 1. The zero-order chi connectivity index (χ0) is 14.3. The maximum Gasteiger partial charge on any atom is 0.357 e. The molecule has 0 amide bonds. The van der Waals surface area contributed by atoms with E-state index in [1.54, 1.807) is 0 Å². The Morgan fingerprint density at radius 2 is 2.20 bits per heavy atom. The number of hydrogen-bond acceptors (Lipinski definition) is 2. The molecule has 20 heavy (non-hydrogen) atoms. The number of carboxylic acids is 1. The molecule has 2 heterocycles. The summed E-state index contributed by atoms with van der Waals surface area (Å²) in [6, 6.07) is 5.95. The molecule has 5 heteroatoms. The first-order chi connectivity index (χ1) is 9.58. The predicted octanol–water partition coefficient (Wildman–Crippen LogP) is 3.66. The van der Waals surface area contributed by atoms with Crippen molar-refractivity contribution in [1.29, 1.82) is 0 Å². The van der Waals surface area contributed by atoms with Gasteiger partial charge in [0.2, 0.25) is 0 Å².